The van der Waals surface area contributed by atoms with E-state index in [1.807, 2.05) is 67.6 Å². The summed E-state index contributed by atoms with van der Waals surface area (Å²) in [6, 6.07) is 21.1. The fourth-order valence-electron chi connectivity index (χ4n) is 3.94. The van der Waals surface area contributed by atoms with E-state index in [0.717, 1.165) is 33.2 Å². The largest absolute Gasteiger partial charge is 0.493 e. The molecule has 1 aromatic heterocycles. The third kappa shape index (κ3) is 5.10. The molecule has 0 aliphatic rings. The summed E-state index contributed by atoms with van der Waals surface area (Å²) in [5.41, 5.74) is 4.36. The van der Waals surface area contributed by atoms with Gasteiger partial charge in [0.05, 0.1) is 14.2 Å². The summed E-state index contributed by atoms with van der Waals surface area (Å²) in [4.78, 5) is 12.7. The van der Waals surface area contributed by atoms with Crippen molar-refractivity contribution in [1.82, 2.24) is 5.32 Å². The van der Waals surface area contributed by atoms with Crippen LogP contribution in [0.4, 0.5) is 0 Å². The van der Waals surface area contributed by atoms with Gasteiger partial charge in [0, 0.05) is 34.2 Å². The third-order valence-corrected chi connectivity index (χ3v) is 5.82. The molecule has 0 aliphatic carbocycles. The number of benzene rings is 3. The predicted octanol–water partition coefficient (Wildman–Crippen LogP) is 6.53. The molecule has 4 rings (SSSR count). The Morgan fingerprint density at radius 1 is 1.00 bits per heavy atom. The van der Waals surface area contributed by atoms with Gasteiger partial charge in [-0.1, -0.05) is 48.0 Å². The second kappa shape index (κ2) is 10.5. The zero-order valence-corrected chi connectivity index (χ0v) is 20.1. The molecule has 1 N–H and O–H groups in total. The highest BCUT2D eigenvalue weighted by Crippen LogP contribution is 2.39. The van der Waals surface area contributed by atoms with Gasteiger partial charge in [-0.25, -0.2) is 0 Å². The van der Waals surface area contributed by atoms with Crippen LogP contribution in [0.2, 0.25) is 5.02 Å². The number of allylic oxidation sites excluding steroid dienone is 1. The summed E-state index contributed by atoms with van der Waals surface area (Å²) < 4.78 is 16.8. The summed E-state index contributed by atoms with van der Waals surface area (Å²) in [6.07, 6.45) is 2.27. The lowest BCUT2D eigenvalue weighted by atomic mass is 9.99. The van der Waals surface area contributed by atoms with E-state index in [0.29, 0.717) is 35.2 Å². The average molecular weight is 476 g/mol. The van der Waals surface area contributed by atoms with Crippen molar-refractivity contribution in [2.75, 3.05) is 20.8 Å². The number of carbonyl (C=O) groups is 1. The van der Waals surface area contributed by atoms with Gasteiger partial charge in [0.25, 0.3) is 0 Å². The minimum atomic E-state index is -0.173. The Morgan fingerprint density at radius 3 is 2.50 bits per heavy atom. The van der Waals surface area contributed by atoms with E-state index in [9.17, 15) is 4.79 Å². The first-order valence-corrected chi connectivity index (χ1v) is 11.3. The molecule has 0 unspecified atom stereocenters. The molecule has 34 heavy (non-hydrogen) atoms. The molecule has 5 nitrogen and oxygen atoms in total. The second-order valence-corrected chi connectivity index (χ2v) is 8.31. The van der Waals surface area contributed by atoms with Gasteiger partial charge in [-0.15, -0.1) is 0 Å². The molecule has 0 bridgehead atoms. The van der Waals surface area contributed by atoms with E-state index in [1.54, 1.807) is 26.4 Å². The standard InChI is InChI=1S/C28H26ClNO4/c1-18(15-26(31)30-14-13-19-9-11-24(32-2)25(16-19)33-3)27-22-17-21(29)10-12-23(22)34-28(27)20-7-5-4-6-8-20/h4-12,15-17H,13-14H2,1-3H3,(H,30,31)/b18-15+. The number of carbonyl (C=O) groups excluding carboxylic acids is 1. The van der Waals surface area contributed by atoms with Crippen LogP contribution in [0.15, 0.2) is 77.2 Å². The van der Waals surface area contributed by atoms with Crippen molar-refractivity contribution in [3.05, 3.63) is 89.0 Å². The lowest BCUT2D eigenvalue weighted by molar-refractivity contribution is -0.116. The predicted molar refractivity (Wildman–Crippen MR) is 137 cm³/mol. The summed E-state index contributed by atoms with van der Waals surface area (Å²) >= 11 is 6.27. The van der Waals surface area contributed by atoms with E-state index in [2.05, 4.69) is 5.32 Å². The topological polar surface area (TPSA) is 60.7 Å². The maximum absolute atomic E-state index is 12.7. The van der Waals surface area contributed by atoms with Crippen LogP contribution >= 0.6 is 11.6 Å². The number of furan rings is 1. The molecule has 0 saturated carbocycles. The Hall–Kier alpha value is -3.70. The Kier molecular flexibility index (Phi) is 7.24. The van der Waals surface area contributed by atoms with Crippen molar-refractivity contribution >= 4 is 34.1 Å². The van der Waals surface area contributed by atoms with Gasteiger partial charge in [0.15, 0.2) is 11.5 Å². The van der Waals surface area contributed by atoms with Gasteiger partial charge in [0.1, 0.15) is 11.3 Å². The molecule has 0 aliphatic heterocycles. The van der Waals surface area contributed by atoms with Crippen molar-refractivity contribution < 1.29 is 18.7 Å². The number of ether oxygens (including phenoxy) is 2. The SMILES string of the molecule is COc1ccc(CCNC(=O)/C=C(\C)c2c(-c3ccccc3)oc3ccc(Cl)cc23)cc1OC. The van der Waals surface area contributed by atoms with Crippen LogP contribution in [0.1, 0.15) is 18.1 Å². The van der Waals surface area contributed by atoms with Crippen molar-refractivity contribution in [2.24, 2.45) is 0 Å². The number of hydrogen-bond donors (Lipinski definition) is 1. The minimum absolute atomic E-state index is 0.173. The van der Waals surface area contributed by atoms with Crippen molar-refractivity contribution in [3.63, 3.8) is 0 Å². The molecule has 0 radical (unpaired) electrons. The molecule has 3 aromatic carbocycles. The number of rotatable bonds is 8. The van der Waals surface area contributed by atoms with E-state index in [4.69, 9.17) is 25.5 Å². The maximum atomic E-state index is 12.7. The fraction of sp³-hybridized carbons (Fsp3) is 0.179. The quantitative estimate of drug-likeness (QED) is 0.294. The number of halogens is 1. The second-order valence-electron chi connectivity index (χ2n) is 7.87. The van der Waals surface area contributed by atoms with Gasteiger partial charge in [-0.3, -0.25) is 4.79 Å². The number of amides is 1. The molecular weight excluding hydrogens is 450 g/mol. The van der Waals surface area contributed by atoms with Gasteiger partial charge < -0.3 is 19.2 Å². The molecule has 0 atom stereocenters. The molecule has 174 valence electrons. The molecular formula is C28H26ClNO4. The highest BCUT2D eigenvalue weighted by Gasteiger charge is 2.18. The Bertz CT molecular complexity index is 1340. The van der Waals surface area contributed by atoms with Crippen molar-refractivity contribution in [2.45, 2.75) is 13.3 Å². The molecule has 1 heterocycles. The Balaban J connectivity index is 1.54. The number of methoxy groups -OCH3 is 2. The Morgan fingerprint density at radius 2 is 1.76 bits per heavy atom. The Labute approximate surface area is 203 Å². The van der Waals surface area contributed by atoms with Crippen LogP contribution in [0.3, 0.4) is 0 Å². The van der Waals surface area contributed by atoms with Gasteiger partial charge >= 0.3 is 0 Å². The number of nitrogens with one attached hydrogen (secondary N) is 1. The minimum Gasteiger partial charge on any atom is -0.493 e. The molecule has 0 spiro atoms. The van der Waals surface area contributed by atoms with Crippen LogP contribution < -0.4 is 14.8 Å². The first-order valence-electron chi connectivity index (χ1n) is 10.9. The van der Waals surface area contributed by atoms with E-state index in [-0.39, 0.29) is 5.91 Å². The molecule has 0 fully saturated rings. The molecule has 0 saturated heterocycles. The highest BCUT2D eigenvalue weighted by atomic mass is 35.5. The van der Waals surface area contributed by atoms with Crippen LogP contribution in [0.25, 0.3) is 27.9 Å². The normalized spacial score (nSPS) is 11.5. The molecule has 1 amide bonds. The first kappa shape index (κ1) is 23.5. The lowest BCUT2D eigenvalue weighted by Crippen LogP contribution is -2.23. The van der Waals surface area contributed by atoms with Crippen molar-refractivity contribution in [3.8, 4) is 22.8 Å². The zero-order valence-electron chi connectivity index (χ0n) is 19.4. The molecule has 6 heteroatoms. The van der Waals surface area contributed by atoms with E-state index < -0.39 is 0 Å². The first-order chi connectivity index (χ1) is 16.5. The fourth-order valence-corrected chi connectivity index (χ4v) is 4.11. The number of hydrogen-bond acceptors (Lipinski definition) is 4. The van der Waals surface area contributed by atoms with Crippen molar-refractivity contribution in [1.29, 1.82) is 0 Å². The van der Waals surface area contributed by atoms with Crippen LogP contribution in [-0.4, -0.2) is 26.7 Å². The van der Waals surface area contributed by atoms with Gasteiger partial charge in [0.2, 0.25) is 5.91 Å². The van der Waals surface area contributed by atoms with Gasteiger partial charge in [-0.2, -0.15) is 0 Å². The smallest absolute Gasteiger partial charge is 0.244 e. The summed E-state index contributed by atoms with van der Waals surface area (Å²) in [6.45, 7) is 2.40. The van der Waals surface area contributed by atoms with E-state index >= 15 is 0 Å². The van der Waals surface area contributed by atoms with Crippen LogP contribution in [-0.2, 0) is 11.2 Å². The monoisotopic (exact) mass is 475 g/mol. The lowest BCUT2D eigenvalue weighted by Gasteiger charge is -2.10. The summed E-state index contributed by atoms with van der Waals surface area (Å²) in [5.74, 6) is 1.88. The summed E-state index contributed by atoms with van der Waals surface area (Å²) in [7, 11) is 3.21. The van der Waals surface area contributed by atoms with Crippen LogP contribution in [0.5, 0.6) is 11.5 Å². The summed E-state index contributed by atoms with van der Waals surface area (Å²) in [5, 5.41) is 4.45. The van der Waals surface area contributed by atoms with Gasteiger partial charge in [-0.05, 0) is 54.8 Å². The average Bonchev–Trinajstić information content (AvgIpc) is 3.23. The molecule has 4 aromatic rings. The maximum Gasteiger partial charge on any atom is 0.244 e. The van der Waals surface area contributed by atoms with Crippen LogP contribution in [0, 0.1) is 0 Å². The highest BCUT2D eigenvalue weighted by molar-refractivity contribution is 6.31. The zero-order chi connectivity index (χ0) is 24.1. The van der Waals surface area contributed by atoms with E-state index in [1.165, 1.54) is 0 Å². The third-order valence-electron chi connectivity index (χ3n) is 5.59. The number of fused-ring (bicyclic) bond motifs is 1.